The summed E-state index contributed by atoms with van der Waals surface area (Å²) in [6, 6.07) is 5.90. The number of nitrogens with one attached hydrogen (secondary N) is 1. The second kappa shape index (κ2) is 8.67. The highest BCUT2D eigenvalue weighted by molar-refractivity contribution is 5.85. The maximum Gasteiger partial charge on any atom is 0.144 e. The monoisotopic (exact) mass is 333 g/mol. The Morgan fingerprint density at radius 1 is 1.22 bits per heavy atom. The first kappa shape index (κ1) is 17.5. The van der Waals surface area contributed by atoms with E-state index in [1.54, 1.807) is 12.4 Å². The van der Waals surface area contributed by atoms with Crippen molar-refractivity contribution in [3.05, 3.63) is 53.9 Å². The standard InChI is InChI=1S/C16H19N5O.ClH/c1-12(16-17-7-2-8-18-16)19-11-14-3-4-15(21-20-14)13-5-9-22-10-6-13;/h2-5,7-8,12,19H,6,9-11H2,1H3;1H/t12-;/m1./s1. The van der Waals surface area contributed by atoms with Gasteiger partial charge in [-0.2, -0.15) is 10.2 Å². The summed E-state index contributed by atoms with van der Waals surface area (Å²) in [5.41, 5.74) is 3.05. The van der Waals surface area contributed by atoms with Crippen molar-refractivity contribution < 1.29 is 4.74 Å². The highest BCUT2D eigenvalue weighted by Crippen LogP contribution is 2.18. The van der Waals surface area contributed by atoms with Crippen molar-refractivity contribution in [2.75, 3.05) is 13.2 Å². The zero-order valence-corrected chi connectivity index (χ0v) is 13.8. The van der Waals surface area contributed by atoms with Crippen LogP contribution in [0.3, 0.4) is 0 Å². The van der Waals surface area contributed by atoms with Gasteiger partial charge in [-0.15, -0.1) is 12.4 Å². The maximum absolute atomic E-state index is 5.31. The van der Waals surface area contributed by atoms with E-state index in [9.17, 15) is 0 Å². The Morgan fingerprint density at radius 2 is 2.04 bits per heavy atom. The maximum atomic E-state index is 5.31. The molecule has 0 saturated heterocycles. The molecule has 3 rings (SSSR count). The Bertz CT molecular complexity index is 633. The first-order chi connectivity index (χ1) is 10.8. The number of nitrogens with zero attached hydrogens (tertiary/aromatic N) is 4. The quantitative estimate of drug-likeness (QED) is 0.905. The lowest BCUT2D eigenvalue weighted by molar-refractivity contribution is 0.161. The zero-order chi connectivity index (χ0) is 15.2. The molecule has 0 aliphatic carbocycles. The first-order valence-electron chi connectivity index (χ1n) is 7.43. The average Bonchev–Trinajstić information content (AvgIpc) is 2.61. The lowest BCUT2D eigenvalue weighted by atomic mass is 10.1. The van der Waals surface area contributed by atoms with Gasteiger partial charge in [0.25, 0.3) is 0 Å². The number of halogens is 1. The van der Waals surface area contributed by atoms with Crippen molar-refractivity contribution in [1.29, 1.82) is 0 Å². The molecule has 1 aliphatic heterocycles. The minimum absolute atomic E-state index is 0. The summed E-state index contributed by atoms with van der Waals surface area (Å²) in [5, 5.41) is 11.9. The van der Waals surface area contributed by atoms with Gasteiger partial charge in [0.2, 0.25) is 0 Å². The fraction of sp³-hybridized carbons (Fsp3) is 0.375. The Morgan fingerprint density at radius 3 is 2.70 bits per heavy atom. The van der Waals surface area contributed by atoms with E-state index in [1.165, 1.54) is 5.57 Å². The van der Waals surface area contributed by atoms with Crippen LogP contribution in [0.1, 0.15) is 36.6 Å². The van der Waals surface area contributed by atoms with Crippen LogP contribution >= 0.6 is 12.4 Å². The summed E-state index contributed by atoms with van der Waals surface area (Å²) in [4.78, 5) is 8.47. The van der Waals surface area contributed by atoms with E-state index in [-0.39, 0.29) is 18.4 Å². The molecule has 122 valence electrons. The molecular weight excluding hydrogens is 314 g/mol. The molecule has 2 aromatic rings. The van der Waals surface area contributed by atoms with Gasteiger partial charge in [-0.3, -0.25) is 0 Å². The molecule has 3 heterocycles. The van der Waals surface area contributed by atoms with Gasteiger partial charge in [0.1, 0.15) is 5.82 Å². The van der Waals surface area contributed by atoms with Gasteiger partial charge in [-0.25, -0.2) is 9.97 Å². The highest BCUT2D eigenvalue weighted by Gasteiger charge is 2.10. The topological polar surface area (TPSA) is 72.8 Å². The first-order valence-corrected chi connectivity index (χ1v) is 7.43. The van der Waals surface area contributed by atoms with Gasteiger partial charge in [0, 0.05) is 18.9 Å². The zero-order valence-electron chi connectivity index (χ0n) is 13.0. The fourth-order valence-corrected chi connectivity index (χ4v) is 2.27. The second-order valence-electron chi connectivity index (χ2n) is 5.17. The number of rotatable bonds is 5. The molecule has 1 aliphatic rings. The van der Waals surface area contributed by atoms with Crippen molar-refractivity contribution in [2.45, 2.75) is 25.9 Å². The van der Waals surface area contributed by atoms with Crippen LogP contribution in [-0.4, -0.2) is 33.4 Å². The molecule has 2 aromatic heterocycles. The lowest BCUT2D eigenvalue weighted by Gasteiger charge is -2.13. The molecule has 0 amide bonds. The SMILES string of the molecule is C[C@@H](NCc1ccc(C2=CCOCC2)nn1)c1ncccn1.Cl. The van der Waals surface area contributed by atoms with Gasteiger partial charge in [-0.1, -0.05) is 6.08 Å². The van der Waals surface area contributed by atoms with Crippen molar-refractivity contribution in [1.82, 2.24) is 25.5 Å². The number of hydrogen-bond acceptors (Lipinski definition) is 6. The lowest BCUT2D eigenvalue weighted by Crippen LogP contribution is -2.21. The smallest absolute Gasteiger partial charge is 0.144 e. The van der Waals surface area contributed by atoms with Gasteiger partial charge in [0.05, 0.1) is 30.6 Å². The number of ether oxygens (including phenoxy) is 1. The molecule has 1 atom stereocenters. The second-order valence-corrected chi connectivity index (χ2v) is 5.17. The molecule has 1 N–H and O–H groups in total. The molecule has 0 aromatic carbocycles. The van der Waals surface area contributed by atoms with Gasteiger partial charge >= 0.3 is 0 Å². The number of aromatic nitrogens is 4. The van der Waals surface area contributed by atoms with E-state index in [1.807, 2.05) is 25.1 Å². The Hall–Kier alpha value is -1.89. The molecule has 0 spiro atoms. The summed E-state index contributed by atoms with van der Waals surface area (Å²) < 4.78 is 5.31. The fourth-order valence-electron chi connectivity index (χ4n) is 2.27. The predicted molar refractivity (Wildman–Crippen MR) is 90.0 cm³/mol. The van der Waals surface area contributed by atoms with E-state index in [0.717, 1.165) is 30.2 Å². The third-order valence-corrected chi connectivity index (χ3v) is 3.57. The molecule has 0 radical (unpaired) electrons. The molecule has 6 nitrogen and oxygen atoms in total. The van der Waals surface area contributed by atoms with E-state index in [4.69, 9.17) is 4.74 Å². The van der Waals surface area contributed by atoms with Crippen LogP contribution in [0.25, 0.3) is 5.57 Å². The van der Waals surface area contributed by atoms with Gasteiger partial charge in [0.15, 0.2) is 0 Å². The highest BCUT2D eigenvalue weighted by atomic mass is 35.5. The Balaban J connectivity index is 0.00000192. The van der Waals surface area contributed by atoms with Crippen LogP contribution in [0, 0.1) is 0 Å². The summed E-state index contributed by atoms with van der Waals surface area (Å²) in [7, 11) is 0. The van der Waals surface area contributed by atoms with E-state index in [0.29, 0.717) is 13.2 Å². The van der Waals surface area contributed by atoms with Crippen LogP contribution < -0.4 is 5.32 Å². The van der Waals surface area contributed by atoms with Crippen LogP contribution in [0.4, 0.5) is 0 Å². The van der Waals surface area contributed by atoms with Crippen molar-refractivity contribution in [2.24, 2.45) is 0 Å². The molecule has 0 unspecified atom stereocenters. The summed E-state index contributed by atoms with van der Waals surface area (Å²) >= 11 is 0. The van der Waals surface area contributed by atoms with Crippen LogP contribution in [0.5, 0.6) is 0 Å². The Labute approximate surface area is 141 Å². The van der Waals surface area contributed by atoms with E-state index >= 15 is 0 Å². The molecule has 23 heavy (non-hydrogen) atoms. The van der Waals surface area contributed by atoms with Crippen LogP contribution in [0.15, 0.2) is 36.7 Å². The van der Waals surface area contributed by atoms with Gasteiger partial charge < -0.3 is 10.1 Å². The number of hydrogen-bond donors (Lipinski definition) is 1. The molecule has 0 saturated carbocycles. The van der Waals surface area contributed by atoms with E-state index < -0.39 is 0 Å². The van der Waals surface area contributed by atoms with Crippen molar-refractivity contribution in [3.8, 4) is 0 Å². The van der Waals surface area contributed by atoms with E-state index in [2.05, 4.69) is 31.6 Å². The third-order valence-electron chi connectivity index (χ3n) is 3.57. The summed E-state index contributed by atoms with van der Waals surface area (Å²) in [6.07, 6.45) is 6.46. The average molecular weight is 334 g/mol. The van der Waals surface area contributed by atoms with Crippen LogP contribution in [0.2, 0.25) is 0 Å². The molecule has 0 bridgehead atoms. The molecular formula is C16H20ClN5O. The van der Waals surface area contributed by atoms with Crippen molar-refractivity contribution >= 4 is 18.0 Å². The molecule has 0 fully saturated rings. The van der Waals surface area contributed by atoms with Crippen LogP contribution in [-0.2, 0) is 11.3 Å². The largest absolute Gasteiger partial charge is 0.377 e. The van der Waals surface area contributed by atoms with Gasteiger partial charge in [-0.05, 0) is 37.1 Å². The predicted octanol–water partition coefficient (Wildman–Crippen LogP) is 2.34. The molecule has 7 heteroatoms. The minimum atomic E-state index is 0. The summed E-state index contributed by atoms with van der Waals surface area (Å²) in [6.45, 7) is 4.08. The third kappa shape index (κ3) is 4.79. The summed E-state index contributed by atoms with van der Waals surface area (Å²) in [5.74, 6) is 0.777. The Kier molecular flexibility index (Phi) is 6.58. The normalized spacial score (nSPS) is 15.4. The minimum Gasteiger partial charge on any atom is -0.377 e. The van der Waals surface area contributed by atoms with Crippen molar-refractivity contribution in [3.63, 3.8) is 0 Å².